The minimum Gasteiger partial charge on any atom is -0.0619 e. The van der Waals surface area contributed by atoms with Gasteiger partial charge in [-0.05, 0) is 101 Å². The van der Waals surface area contributed by atoms with Crippen molar-refractivity contribution in [3.63, 3.8) is 0 Å². The van der Waals surface area contributed by atoms with E-state index in [9.17, 15) is 0 Å². The van der Waals surface area contributed by atoms with Gasteiger partial charge in [-0.3, -0.25) is 0 Å². The molecule has 2 spiro atoms. The van der Waals surface area contributed by atoms with E-state index >= 15 is 0 Å². The standard InChI is InChI=1S/C42H26/c1-3-11-31-25(9-1)17-19-27-23-29-21-22-30-24-28-20-18-26-10-2-4-12-32(26)38(28)42-35-15-7-5-13-33(35)41(37(27)31,39(29)40(30)42)34-14-6-8-16-36(34)42/h1-22H,23-24H2. The third kappa shape index (κ3) is 2.13. The van der Waals surface area contributed by atoms with Crippen LogP contribution in [0.15, 0.2) is 133 Å². The maximum Gasteiger partial charge on any atom is 0.0722 e. The van der Waals surface area contributed by atoms with E-state index in [1.165, 1.54) is 77.2 Å². The second-order valence-corrected chi connectivity index (χ2v) is 12.7. The molecule has 0 atom stereocenters. The van der Waals surface area contributed by atoms with Gasteiger partial charge in [0, 0.05) is 0 Å². The number of hydrogen-bond donors (Lipinski definition) is 0. The van der Waals surface area contributed by atoms with Crippen LogP contribution in [0.5, 0.6) is 0 Å². The van der Waals surface area contributed by atoms with Gasteiger partial charge in [0.15, 0.2) is 0 Å². The van der Waals surface area contributed by atoms with E-state index in [0.29, 0.717) is 0 Å². The van der Waals surface area contributed by atoms with Crippen LogP contribution in [0.25, 0.3) is 21.5 Å². The summed E-state index contributed by atoms with van der Waals surface area (Å²) >= 11 is 0. The van der Waals surface area contributed by atoms with Crippen LogP contribution < -0.4 is 0 Å². The van der Waals surface area contributed by atoms with Gasteiger partial charge >= 0.3 is 0 Å². The number of benzene rings is 7. The zero-order valence-electron chi connectivity index (χ0n) is 23.1. The lowest BCUT2D eigenvalue weighted by atomic mass is 9.40. The summed E-state index contributed by atoms with van der Waals surface area (Å²) in [5.74, 6) is 0. The highest BCUT2D eigenvalue weighted by Gasteiger charge is 2.64. The minimum absolute atomic E-state index is 0.341. The summed E-state index contributed by atoms with van der Waals surface area (Å²) in [7, 11) is 0. The molecule has 5 aliphatic rings. The van der Waals surface area contributed by atoms with Crippen LogP contribution in [0.2, 0.25) is 0 Å². The number of rotatable bonds is 0. The molecule has 5 aliphatic carbocycles. The average Bonchev–Trinajstić information content (AvgIpc) is 3.06. The molecule has 0 unspecified atom stereocenters. The molecule has 0 fully saturated rings. The lowest BCUT2D eigenvalue weighted by Gasteiger charge is -2.61. The van der Waals surface area contributed by atoms with Gasteiger partial charge in [-0.2, -0.15) is 0 Å². The van der Waals surface area contributed by atoms with E-state index in [2.05, 4.69) is 133 Å². The quantitative estimate of drug-likeness (QED) is 0.183. The van der Waals surface area contributed by atoms with Gasteiger partial charge in [-0.25, -0.2) is 0 Å². The molecule has 0 N–H and O–H groups in total. The first-order valence-corrected chi connectivity index (χ1v) is 15.2. The SMILES string of the molecule is c1ccc2c(c1)C13c4ccccc4C24c2c(ccc(c21)Cc1ccc2ccccc2c13)Cc1ccc2ccccc2c14. The van der Waals surface area contributed by atoms with Crippen LogP contribution >= 0.6 is 0 Å². The molecule has 0 radical (unpaired) electrons. The Labute approximate surface area is 244 Å². The van der Waals surface area contributed by atoms with Crippen molar-refractivity contribution < 1.29 is 0 Å². The molecule has 7 aromatic rings. The van der Waals surface area contributed by atoms with Crippen molar-refractivity contribution in [3.8, 4) is 0 Å². The number of hydrogen-bond acceptors (Lipinski definition) is 0. The smallest absolute Gasteiger partial charge is 0.0619 e. The van der Waals surface area contributed by atoms with Crippen LogP contribution in [-0.4, -0.2) is 0 Å². The number of fused-ring (bicyclic) bond motifs is 6. The first-order chi connectivity index (χ1) is 20.8. The molecule has 0 aliphatic heterocycles. The molecule has 0 saturated heterocycles. The predicted octanol–water partition coefficient (Wildman–Crippen LogP) is 9.19. The van der Waals surface area contributed by atoms with Gasteiger partial charge in [-0.15, -0.1) is 0 Å². The summed E-state index contributed by atoms with van der Waals surface area (Å²) in [5.41, 5.74) is 17.2. The highest BCUT2D eigenvalue weighted by Crippen LogP contribution is 2.71. The Morgan fingerprint density at radius 2 is 0.643 bits per heavy atom. The van der Waals surface area contributed by atoms with Gasteiger partial charge in [0.1, 0.15) is 0 Å². The van der Waals surface area contributed by atoms with E-state index in [4.69, 9.17) is 0 Å². The molecule has 194 valence electrons. The predicted molar refractivity (Wildman–Crippen MR) is 171 cm³/mol. The molecule has 0 amide bonds. The second kappa shape index (κ2) is 7.09. The zero-order chi connectivity index (χ0) is 27.2. The van der Waals surface area contributed by atoms with Gasteiger partial charge in [0.2, 0.25) is 0 Å². The van der Waals surface area contributed by atoms with Crippen LogP contribution in [0, 0.1) is 0 Å². The molecule has 0 heterocycles. The molecule has 2 bridgehead atoms. The Hall–Kier alpha value is -4.94. The fraction of sp³-hybridized carbons (Fsp3) is 0.0952. The van der Waals surface area contributed by atoms with Gasteiger partial charge in [-0.1, -0.05) is 133 Å². The zero-order valence-corrected chi connectivity index (χ0v) is 23.1. The maximum absolute atomic E-state index is 2.47. The summed E-state index contributed by atoms with van der Waals surface area (Å²) in [6.07, 6.45) is 1.96. The Balaban J connectivity index is 1.46. The maximum atomic E-state index is 2.47. The fourth-order valence-corrected chi connectivity index (χ4v) is 9.96. The third-order valence-corrected chi connectivity index (χ3v) is 11.1. The highest BCUT2D eigenvalue weighted by molar-refractivity contribution is 5.99. The molecular weight excluding hydrogens is 504 g/mol. The molecular formula is C42H26. The molecule has 0 aromatic heterocycles. The minimum atomic E-state index is -0.341. The van der Waals surface area contributed by atoms with Gasteiger partial charge in [0.05, 0.1) is 10.8 Å². The van der Waals surface area contributed by atoms with E-state index in [-0.39, 0.29) is 10.8 Å². The van der Waals surface area contributed by atoms with Crippen molar-refractivity contribution in [1.82, 2.24) is 0 Å². The van der Waals surface area contributed by atoms with Crippen molar-refractivity contribution in [2.75, 3.05) is 0 Å². The van der Waals surface area contributed by atoms with Crippen LogP contribution in [0.4, 0.5) is 0 Å². The van der Waals surface area contributed by atoms with Crippen molar-refractivity contribution in [2.24, 2.45) is 0 Å². The topological polar surface area (TPSA) is 0 Å². The molecule has 0 nitrogen and oxygen atoms in total. The van der Waals surface area contributed by atoms with Crippen LogP contribution in [-0.2, 0) is 23.7 Å². The highest BCUT2D eigenvalue weighted by atomic mass is 14.6. The van der Waals surface area contributed by atoms with Crippen LogP contribution in [0.3, 0.4) is 0 Å². The first kappa shape index (κ1) is 21.8. The second-order valence-electron chi connectivity index (χ2n) is 12.7. The normalized spacial score (nSPS) is 21.3. The Bertz CT molecular complexity index is 2150. The van der Waals surface area contributed by atoms with E-state index in [1.807, 2.05) is 0 Å². The lowest BCUT2D eigenvalue weighted by Crippen LogP contribution is -2.55. The summed E-state index contributed by atoms with van der Waals surface area (Å²) in [4.78, 5) is 0. The van der Waals surface area contributed by atoms with Gasteiger partial charge < -0.3 is 0 Å². The summed E-state index contributed by atoms with van der Waals surface area (Å²) in [6.45, 7) is 0. The third-order valence-electron chi connectivity index (χ3n) is 11.1. The Kier molecular flexibility index (Phi) is 3.67. The average molecular weight is 531 g/mol. The van der Waals surface area contributed by atoms with Crippen molar-refractivity contribution in [2.45, 2.75) is 23.7 Å². The lowest BCUT2D eigenvalue weighted by molar-refractivity contribution is 0.533. The fourth-order valence-electron chi connectivity index (χ4n) is 9.96. The van der Waals surface area contributed by atoms with E-state index in [0.717, 1.165) is 12.8 Å². The largest absolute Gasteiger partial charge is 0.0722 e. The molecule has 42 heavy (non-hydrogen) atoms. The monoisotopic (exact) mass is 530 g/mol. The molecule has 7 aromatic carbocycles. The summed E-state index contributed by atoms with van der Waals surface area (Å²) < 4.78 is 0. The molecule has 0 saturated carbocycles. The Morgan fingerprint density at radius 3 is 1.07 bits per heavy atom. The van der Waals surface area contributed by atoms with E-state index in [1.54, 1.807) is 11.1 Å². The molecule has 0 heteroatoms. The summed E-state index contributed by atoms with van der Waals surface area (Å²) in [5, 5.41) is 5.43. The summed E-state index contributed by atoms with van der Waals surface area (Å²) in [6, 6.07) is 51.6. The first-order valence-electron chi connectivity index (χ1n) is 15.2. The van der Waals surface area contributed by atoms with Gasteiger partial charge in [0.25, 0.3) is 0 Å². The van der Waals surface area contributed by atoms with Crippen LogP contribution in [0.1, 0.15) is 66.8 Å². The Morgan fingerprint density at radius 1 is 0.310 bits per heavy atom. The van der Waals surface area contributed by atoms with Crippen molar-refractivity contribution in [3.05, 3.63) is 200 Å². The van der Waals surface area contributed by atoms with E-state index < -0.39 is 0 Å². The van der Waals surface area contributed by atoms with Crippen molar-refractivity contribution >= 4 is 21.5 Å². The van der Waals surface area contributed by atoms with Crippen molar-refractivity contribution in [1.29, 1.82) is 0 Å². The molecule has 12 rings (SSSR count).